The number of nitrogens with zero attached hydrogens (tertiary/aromatic N) is 2. The van der Waals surface area contributed by atoms with Gasteiger partial charge in [0.1, 0.15) is 0 Å². The van der Waals surface area contributed by atoms with Gasteiger partial charge in [0.25, 0.3) is 5.56 Å². The van der Waals surface area contributed by atoms with Crippen molar-refractivity contribution < 1.29 is 4.79 Å². The van der Waals surface area contributed by atoms with Gasteiger partial charge in [-0.25, -0.2) is 0 Å². The number of carbonyl (C=O) groups excluding carboxylic acids is 1. The Morgan fingerprint density at radius 3 is 2.90 bits per heavy atom. The molecule has 2 aromatic rings. The predicted molar refractivity (Wildman–Crippen MR) is 78.3 cm³/mol. The predicted octanol–water partition coefficient (Wildman–Crippen LogP) is 1.92. The van der Waals surface area contributed by atoms with Gasteiger partial charge in [-0.2, -0.15) is 0 Å². The summed E-state index contributed by atoms with van der Waals surface area (Å²) >= 11 is 0. The zero-order valence-electron chi connectivity index (χ0n) is 11.1. The Morgan fingerprint density at radius 1 is 1.35 bits per heavy atom. The van der Waals surface area contributed by atoms with Crippen LogP contribution in [-0.4, -0.2) is 15.5 Å². The highest BCUT2D eigenvalue weighted by Gasteiger charge is 2.00. The van der Waals surface area contributed by atoms with Crippen LogP contribution in [0.2, 0.25) is 0 Å². The number of nitrogens with one attached hydrogen (secondary N) is 1. The van der Waals surface area contributed by atoms with Crippen LogP contribution in [0.4, 0.5) is 5.69 Å². The van der Waals surface area contributed by atoms with E-state index in [1.54, 1.807) is 30.6 Å². The number of rotatable bonds is 4. The van der Waals surface area contributed by atoms with Gasteiger partial charge in [0, 0.05) is 31.1 Å². The standard InChI is InChI=1S/C15H15N3O2/c1-2-18-11-13(7-9-15(18)20)17-14(19)8-6-12-5-3-4-10-16-12/h3-11H,2H2,1H3,(H,17,19)/b8-6+. The summed E-state index contributed by atoms with van der Waals surface area (Å²) in [7, 11) is 0. The molecule has 5 nitrogen and oxygen atoms in total. The first-order valence-electron chi connectivity index (χ1n) is 6.29. The smallest absolute Gasteiger partial charge is 0.250 e. The number of pyridine rings is 2. The summed E-state index contributed by atoms with van der Waals surface area (Å²) in [5, 5.41) is 2.70. The number of hydrogen-bond acceptors (Lipinski definition) is 3. The third-order valence-corrected chi connectivity index (χ3v) is 2.68. The van der Waals surface area contributed by atoms with Gasteiger partial charge in [0.2, 0.25) is 5.91 Å². The highest BCUT2D eigenvalue weighted by molar-refractivity contribution is 6.01. The lowest BCUT2D eigenvalue weighted by Crippen LogP contribution is -2.19. The van der Waals surface area contributed by atoms with Crippen LogP contribution in [-0.2, 0) is 11.3 Å². The second-order valence-corrected chi connectivity index (χ2v) is 4.12. The molecule has 1 N–H and O–H groups in total. The van der Waals surface area contributed by atoms with E-state index in [9.17, 15) is 9.59 Å². The summed E-state index contributed by atoms with van der Waals surface area (Å²) in [6.07, 6.45) is 6.32. The van der Waals surface area contributed by atoms with Crippen molar-refractivity contribution in [2.45, 2.75) is 13.5 Å². The molecule has 2 rings (SSSR count). The summed E-state index contributed by atoms with van der Waals surface area (Å²) in [6.45, 7) is 2.43. The number of aromatic nitrogens is 2. The Labute approximate surface area is 116 Å². The minimum Gasteiger partial charge on any atom is -0.321 e. The molecule has 0 aliphatic carbocycles. The summed E-state index contributed by atoms with van der Waals surface area (Å²) in [5.74, 6) is -0.267. The van der Waals surface area contributed by atoms with E-state index in [4.69, 9.17) is 0 Å². The summed E-state index contributed by atoms with van der Waals surface area (Å²) in [5.41, 5.74) is 1.21. The molecule has 0 saturated carbocycles. The number of anilines is 1. The van der Waals surface area contributed by atoms with Gasteiger partial charge in [-0.3, -0.25) is 14.6 Å². The van der Waals surface area contributed by atoms with Crippen LogP contribution in [0.5, 0.6) is 0 Å². The Hall–Kier alpha value is -2.69. The van der Waals surface area contributed by atoms with E-state index in [1.807, 2.05) is 19.1 Å². The van der Waals surface area contributed by atoms with E-state index in [-0.39, 0.29) is 11.5 Å². The van der Waals surface area contributed by atoms with Gasteiger partial charge in [0.05, 0.1) is 11.4 Å². The molecule has 0 aliphatic heterocycles. The molecule has 0 saturated heterocycles. The number of carbonyl (C=O) groups is 1. The maximum Gasteiger partial charge on any atom is 0.250 e. The molecule has 0 radical (unpaired) electrons. The number of aryl methyl sites for hydroxylation is 1. The fraction of sp³-hybridized carbons (Fsp3) is 0.133. The highest BCUT2D eigenvalue weighted by Crippen LogP contribution is 2.04. The lowest BCUT2D eigenvalue weighted by molar-refractivity contribution is -0.111. The van der Waals surface area contributed by atoms with Crippen molar-refractivity contribution in [3.63, 3.8) is 0 Å². The Morgan fingerprint density at radius 2 is 2.20 bits per heavy atom. The SMILES string of the molecule is CCn1cc(NC(=O)/C=C/c2ccccn2)ccc1=O. The highest BCUT2D eigenvalue weighted by atomic mass is 16.1. The van der Waals surface area contributed by atoms with E-state index >= 15 is 0 Å². The average molecular weight is 269 g/mol. The molecule has 1 amide bonds. The van der Waals surface area contributed by atoms with Gasteiger partial charge in [-0.15, -0.1) is 0 Å². The summed E-state index contributed by atoms with van der Waals surface area (Å²) in [4.78, 5) is 27.3. The maximum atomic E-state index is 11.8. The molecule has 0 fully saturated rings. The topological polar surface area (TPSA) is 64.0 Å². The Bertz CT molecular complexity index is 675. The first kappa shape index (κ1) is 13.7. The monoisotopic (exact) mass is 269 g/mol. The molecule has 0 spiro atoms. The Kier molecular flexibility index (Phi) is 4.44. The third kappa shape index (κ3) is 3.65. The van der Waals surface area contributed by atoms with Crippen molar-refractivity contribution in [1.82, 2.24) is 9.55 Å². The molecular formula is C15H15N3O2. The minimum atomic E-state index is -0.267. The van der Waals surface area contributed by atoms with Crippen LogP contribution >= 0.6 is 0 Å². The lowest BCUT2D eigenvalue weighted by Gasteiger charge is -2.05. The molecule has 102 valence electrons. The molecule has 0 aliphatic rings. The second kappa shape index (κ2) is 6.47. The molecule has 20 heavy (non-hydrogen) atoms. The van der Waals surface area contributed by atoms with Crippen LogP contribution in [0.1, 0.15) is 12.6 Å². The number of amides is 1. The van der Waals surface area contributed by atoms with E-state index in [2.05, 4.69) is 10.3 Å². The maximum absolute atomic E-state index is 11.8. The zero-order valence-corrected chi connectivity index (χ0v) is 11.1. The van der Waals surface area contributed by atoms with Crippen molar-refractivity contribution in [2.24, 2.45) is 0 Å². The quantitative estimate of drug-likeness (QED) is 0.862. The summed E-state index contributed by atoms with van der Waals surface area (Å²) < 4.78 is 1.53. The summed E-state index contributed by atoms with van der Waals surface area (Å²) in [6, 6.07) is 8.48. The van der Waals surface area contributed by atoms with Gasteiger partial charge in [-0.1, -0.05) is 6.07 Å². The van der Waals surface area contributed by atoms with Crippen LogP contribution in [0, 0.1) is 0 Å². The second-order valence-electron chi connectivity index (χ2n) is 4.12. The molecule has 2 heterocycles. The van der Waals surface area contributed by atoms with E-state index in [1.165, 1.54) is 16.7 Å². The third-order valence-electron chi connectivity index (χ3n) is 2.68. The van der Waals surface area contributed by atoms with Crippen molar-refractivity contribution in [1.29, 1.82) is 0 Å². The molecule has 0 atom stereocenters. The van der Waals surface area contributed by atoms with Crippen molar-refractivity contribution >= 4 is 17.7 Å². The van der Waals surface area contributed by atoms with Gasteiger partial charge < -0.3 is 9.88 Å². The van der Waals surface area contributed by atoms with Crippen LogP contribution < -0.4 is 10.9 Å². The lowest BCUT2D eigenvalue weighted by atomic mass is 10.3. The van der Waals surface area contributed by atoms with Crippen molar-refractivity contribution in [3.05, 3.63) is 64.8 Å². The van der Waals surface area contributed by atoms with Crippen molar-refractivity contribution in [2.75, 3.05) is 5.32 Å². The fourth-order valence-corrected chi connectivity index (χ4v) is 1.67. The minimum absolute atomic E-state index is 0.0884. The molecule has 5 heteroatoms. The molecular weight excluding hydrogens is 254 g/mol. The van der Waals surface area contributed by atoms with Gasteiger partial charge >= 0.3 is 0 Å². The van der Waals surface area contributed by atoms with Crippen LogP contribution in [0.3, 0.4) is 0 Å². The van der Waals surface area contributed by atoms with Gasteiger partial charge in [-0.05, 0) is 31.2 Å². The normalized spacial score (nSPS) is 10.7. The first-order valence-corrected chi connectivity index (χ1v) is 6.29. The first-order chi connectivity index (χ1) is 9.69. The van der Waals surface area contributed by atoms with Crippen LogP contribution in [0.15, 0.2) is 53.6 Å². The van der Waals surface area contributed by atoms with Crippen LogP contribution in [0.25, 0.3) is 6.08 Å². The Balaban J connectivity index is 2.05. The van der Waals surface area contributed by atoms with E-state index in [0.717, 1.165) is 0 Å². The number of hydrogen-bond donors (Lipinski definition) is 1. The molecule has 0 aromatic carbocycles. The van der Waals surface area contributed by atoms with Crippen molar-refractivity contribution in [3.8, 4) is 0 Å². The fourth-order valence-electron chi connectivity index (χ4n) is 1.67. The van der Waals surface area contributed by atoms with E-state index < -0.39 is 0 Å². The largest absolute Gasteiger partial charge is 0.321 e. The molecule has 0 bridgehead atoms. The average Bonchev–Trinajstić information content (AvgIpc) is 2.48. The zero-order chi connectivity index (χ0) is 14.4. The molecule has 2 aromatic heterocycles. The van der Waals surface area contributed by atoms with Gasteiger partial charge in [0.15, 0.2) is 0 Å². The van der Waals surface area contributed by atoms with E-state index in [0.29, 0.717) is 17.9 Å². The molecule has 0 unspecified atom stereocenters.